The highest BCUT2D eigenvalue weighted by molar-refractivity contribution is 5.93. The molecule has 2 amide bonds. The van der Waals surface area contributed by atoms with Gasteiger partial charge in [-0.05, 0) is 39.7 Å². The monoisotopic (exact) mass is 347 g/mol. The lowest BCUT2D eigenvalue weighted by Crippen LogP contribution is -2.41. The van der Waals surface area contributed by atoms with Crippen LogP contribution in [0.5, 0.6) is 0 Å². The quantitative estimate of drug-likeness (QED) is 0.847. The molecule has 0 bridgehead atoms. The number of carbonyl (C=O) groups is 2. The highest BCUT2D eigenvalue weighted by Gasteiger charge is 2.31. The van der Waals surface area contributed by atoms with Gasteiger partial charge >= 0.3 is 6.09 Å². The molecule has 2 rings (SSSR count). The molecule has 0 radical (unpaired) electrons. The summed E-state index contributed by atoms with van der Waals surface area (Å²) in [6, 6.07) is 0. The lowest BCUT2D eigenvalue weighted by atomic mass is 9.93. The number of rotatable bonds is 4. The predicted molar refractivity (Wildman–Crippen MR) is 92.3 cm³/mol. The summed E-state index contributed by atoms with van der Waals surface area (Å²) in [5.41, 5.74) is 2.38. The van der Waals surface area contributed by atoms with Gasteiger partial charge < -0.3 is 19.4 Å². The van der Waals surface area contributed by atoms with E-state index in [2.05, 4.69) is 22.6 Å². The minimum Gasteiger partial charge on any atom is -0.447 e. The fraction of sp³-hybridized carbons (Fsp3) is 0.556. The predicted octanol–water partition coefficient (Wildman–Crippen LogP) is 2.86. The number of likely N-dealkylation sites (tertiary alicyclic amines) is 1. The minimum atomic E-state index is -0.510. The van der Waals surface area contributed by atoms with Gasteiger partial charge in [0.25, 0.3) is 5.91 Å². The first-order valence-electron chi connectivity index (χ1n) is 8.35. The Labute approximate surface area is 147 Å². The van der Waals surface area contributed by atoms with Crippen molar-refractivity contribution in [2.75, 3.05) is 19.6 Å². The Morgan fingerprint density at radius 2 is 2.16 bits per heavy atom. The Bertz CT molecular complexity index is 660. The van der Waals surface area contributed by atoms with Crippen LogP contribution in [0.2, 0.25) is 0 Å². The molecular weight excluding hydrogens is 322 g/mol. The van der Waals surface area contributed by atoms with Crippen LogP contribution in [0.3, 0.4) is 0 Å². The van der Waals surface area contributed by atoms with Crippen LogP contribution in [0.15, 0.2) is 29.2 Å². The number of ether oxygens (including phenoxy) is 1. The number of aromatic nitrogens is 1. The summed E-state index contributed by atoms with van der Waals surface area (Å²) in [6.07, 6.45) is 3.99. The molecule has 25 heavy (non-hydrogen) atoms. The van der Waals surface area contributed by atoms with Crippen molar-refractivity contribution in [2.45, 2.75) is 45.1 Å². The first-order chi connectivity index (χ1) is 11.8. The van der Waals surface area contributed by atoms with Crippen molar-refractivity contribution >= 4 is 12.0 Å². The molecule has 7 nitrogen and oxygen atoms in total. The lowest BCUT2D eigenvalue weighted by molar-refractivity contribution is 0.0200. The van der Waals surface area contributed by atoms with Gasteiger partial charge in [-0.25, -0.2) is 9.78 Å². The Morgan fingerprint density at radius 1 is 1.48 bits per heavy atom. The van der Waals surface area contributed by atoms with E-state index in [1.165, 1.54) is 6.39 Å². The third kappa shape index (κ3) is 5.22. The summed E-state index contributed by atoms with van der Waals surface area (Å²) in [5, 5.41) is 2.71. The molecule has 0 saturated carbocycles. The van der Waals surface area contributed by atoms with Crippen LogP contribution in [0.25, 0.3) is 0 Å². The summed E-state index contributed by atoms with van der Waals surface area (Å²) in [4.78, 5) is 30.0. The maximum atomic E-state index is 12.2. The highest BCUT2D eigenvalue weighted by Crippen LogP contribution is 2.30. The zero-order chi connectivity index (χ0) is 18.4. The Morgan fingerprint density at radius 3 is 2.76 bits per heavy atom. The van der Waals surface area contributed by atoms with Crippen LogP contribution in [0.4, 0.5) is 4.79 Å². The van der Waals surface area contributed by atoms with Crippen LogP contribution in [-0.2, 0) is 4.74 Å². The van der Waals surface area contributed by atoms with Crippen molar-refractivity contribution in [1.29, 1.82) is 0 Å². The zero-order valence-electron chi connectivity index (χ0n) is 15.0. The topological polar surface area (TPSA) is 84.7 Å². The second-order valence-corrected chi connectivity index (χ2v) is 6.93. The summed E-state index contributed by atoms with van der Waals surface area (Å²) in [5.74, 6) is 0.339. The van der Waals surface area contributed by atoms with E-state index in [9.17, 15) is 9.59 Å². The van der Waals surface area contributed by atoms with E-state index in [1.807, 2.05) is 20.8 Å². The van der Waals surface area contributed by atoms with E-state index in [0.29, 0.717) is 43.9 Å². The first-order valence-corrected chi connectivity index (χ1v) is 8.35. The molecule has 1 aromatic rings. The molecule has 2 heterocycles. The van der Waals surface area contributed by atoms with Crippen LogP contribution >= 0.6 is 0 Å². The number of hydrogen-bond acceptors (Lipinski definition) is 5. The molecule has 1 N–H and O–H groups in total. The normalized spacial score (nSPS) is 15.4. The minimum absolute atomic E-state index is 0.0527. The average molecular weight is 347 g/mol. The number of piperidine rings is 1. The Balaban J connectivity index is 1.95. The molecule has 0 aromatic carbocycles. The number of hydrogen-bond donors (Lipinski definition) is 1. The SMILES string of the molecule is C=C=CCNC(=O)c1ncoc1C1CCN(C(=O)OC(C)(C)C)CC1. The maximum Gasteiger partial charge on any atom is 0.410 e. The van der Waals surface area contributed by atoms with Crippen molar-refractivity contribution in [3.63, 3.8) is 0 Å². The van der Waals surface area contributed by atoms with Gasteiger partial charge in [0.15, 0.2) is 12.1 Å². The molecule has 0 aliphatic carbocycles. The van der Waals surface area contributed by atoms with Gasteiger partial charge in [-0.15, -0.1) is 5.73 Å². The second kappa shape index (κ2) is 8.03. The zero-order valence-corrected chi connectivity index (χ0v) is 15.0. The van der Waals surface area contributed by atoms with E-state index in [4.69, 9.17) is 9.15 Å². The number of amides is 2. The summed E-state index contributed by atoms with van der Waals surface area (Å²) in [6.45, 7) is 10.4. The van der Waals surface area contributed by atoms with E-state index >= 15 is 0 Å². The maximum absolute atomic E-state index is 12.2. The lowest BCUT2D eigenvalue weighted by Gasteiger charge is -2.32. The highest BCUT2D eigenvalue weighted by atomic mass is 16.6. The molecule has 1 saturated heterocycles. The van der Waals surface area contributed by atoms with Crippen LogP contribution in [0, 0.1) is 0 Å². The molecule has 0 unspecified atom stereocenters. The molecule has 136 valence electrons. The van der Waals surface area contributed by atoms with Gasteiger partial charge in [0.1, 0.15) is 11.4 Å². The third-order valence-electron chi connectivity index (χ3n) is 3.84. The number of carbonyl (C=O) groups excluding carboxylic acids is 2. The van der Waals surface area contributed by atoms with Crippen molar-refractivity contribution in [1.82, 2.24) is 15.2 Å². The molecule has 0 spiro atoms. The smallest absolute Gasteiger partial charge is 0.410 e. The van der Waals surface area contributed by atoms with Crippen molar-refractivity contribution < 1.29 is 18.7 Å². The van der Waals surface area contributed by atoms with Crippen molar-refractivity contribution in [2.24, 2.45) is 0 Å². The Hall–Kier alpha value is -2.53. The number of nitrogens with one attached hydrogen (secondary N) is 1. The van der Waals surface area contributed by atoms with Gasteiger partial charge in [-0.2, -0.15) is 0 Å². The first kappa shape index (κ1) is 18.8. The summed E-state index contributed by atoms with van der Waals surface area (Å²) >= 11 is 0. The van der Waals surface area contributed by atoms with Crippen molar-refractivity contribution in [3.05, 3.63) is 36.2 Å². The second-order valence-electron chi connectivity index (χ2n) is 6.93. The summed E-state index contributed by atoms with van der Waals surface area (Å²) in [7, 11) is 0. The molecule has 0 atom stereocenters. The average Bonchev–Trinajstić information content (AvgIpc) is 3.03. The standard InChI is InChI=1S/C18H25N3O4/c1-5-6-9-19-16(22)14-15(24-12-20-14)13-7-10-21(11-8-13)17(23)25-18(2,3)4/h6,12-13H,1,7-11H2,2-4H3,(H,19,22). The fourth-order valence-corrected chi connectivity index (χ4v) is 2.67. The van der Waals surface area contributed by atoms with E-state index in [0.717, 1.165) is 0 Å². The molecule has 1 aliphatic rings. The summed E-state index contributed by atoms with van der Waals surface area (Å²) < 4.78 is 10.9. The van der Waals surface area contributed by atoms with Crippen LogP contribution in [-0.4, -0.2) is 47.1 Å². The third-order valence-corrected chi connectivity index (χ3v) is 3.84. The Kier molecular flexibility index (Phi) is 6.04. The van der Waals surface area contributed by atoms with E-state index < -0.39 is 5.60 Å². The van der Waals surface area contributed by atoms with E-state index in [-0.39, 0.29) is 17.9 Å². The van der Waals surface area contributed by atoms with Gasteiger partial charge in [0.2, 0.25) is 0 Å². The molecular formula is C18H25N3O4. The molecule has 1 fully saturated rings. The van der Waals surface area contributed by atoms with Gasteiger partial charge in [-0.1, -0.05) is 6.58 Å². The van der Waals surface area contributed by atoms with Crippen LogP contribution in [0.1, 0.15) is 55.8 Å². The molecule has 7 heteroatoms. The fourth-order valence-electron chi connectivity index (χ4n) is 2.67. The number of oxazole rings is 1. The van der Waals surface area contributed by atoms with Gasteiger partial charge in [0.05, 0.1) is 0 Å². The van der Waals surface area contributed by atoms with Crippen molar-refractivity contribution in [3.8, 4) is 0 Å². The molecule has 1 aliphatic heterocycles. The van der Waals surface area contributed by atoms with Gasteiger partial charge in [-0.3, -0.25) is 4.79 Å². The number of nitrogens with zero attached hydrogens (tertiary/aromatic N) is 2. The van der Waals surface area contributed by atoms with Crippen LogP contribution < -0.4 is 5.32 Å². The van der Waals surface area contributed by atoms with Gasteiger partial charge in [0, 0.05) is 25.6 Å². The largest absolute Gasteiger partial charge is 0.447 e. The van der Waals surface area contributed by atoms with E-state index in [1.54, 1.807) is 11.0 Å². The molecule has 1 aromatic heterocycles.